The van der Waals surface area contributed by atoms with Gasteiger partial charge in [-0.2, -0.15) is 0 Å². The Labute approximate surface area is 129 Å². The van der Waals surface area contributed by atoms with Gasteiger partial charge in [-0.25, -0.2) is 9.97 Å². The molecule has 6 heteroatoms. The predicted molar refractivity (Wildman–Crippen MR) is 86.9 cm³/mol. The fourth-order valence-corrected chi connectivity index (χ4v) is 2.24. The van der Waals surface area contributed by atoms with E-state index in [1.807, 2.05) is 19.1 Å². The lowest BCUT2D eigenvalue weighted by molar-refractivity contribution is 0.415. The van der Waals surface area contributed by atoms with Crippen molar-refractivity contribution in [2.75, 3.05) is 24.3 Å². The van der Waals surface area contributed by atoms with Gasteiger partial charge in [-0.05, 0) is 25.5 Å². The Morgan fingerprint density at radius 1 is 1.19 bits per heavy atom. The van der Waals surface area contributed by atoms with Crippen LogP contribution in [0.5, 0.6) is 5.75 Å². The maximum Gasteiger partial charge on any atom is 0.139 e. The van der Waals surface area contributed by atoms with Crippen LogP contribution in [0, 0.1) is 0 Å². The second-order valence-corrected chi connectivity index (χ2v) is 4.81. The molecule has 1 heterocycles. The molecule has 2 aromatic rings. The van der Waals surface area contributed by atoms with E-state index in [9.17, 15) is 0 Å². The van der Waals surface area contributed by atoms with Crippen molar-refractivity contribution >= 4 is 28.9 Å². The van der Waals surface area contributed by atoms with Gasteiger partial charge in [0.05, 0.1) is 12.1 Å². The van der Waals surface area contributed by atoms with E-state index in [0.717, 1.165) is 35.9 Å². The molecule has 1 aromatic heterocycles. The molecule has 21 heavy (non-hydrogen) atoms. The van der Waals surface area contributed by atoms with Crippen LogP contribution in [0.25, 0.3) is 0 Å². The van der Waals surface area contributed by atoms with E-state index in [1.54, 1.807) is 19.5 Å². The topological polar surface area (TPSA) is 59.1 Å². The maximum atomic E-state index is 6.04. The number of halogens is 1. The summed E-state index contributed by atoms with van der Waals surface area (Å²) in [6.45, 7) is 4.93. The molecule has 2 N–H and O–H groups in total. The number of anilines is 3. The average molecular weight is 307 g/mol. The Kier molecular flexibility index (Phi) is 5.22. The Balaban J connectivity index is 2.32. The first-order chi connectivity index (χ1) is 10.2. The molecule has 0 fully saturated rings. The monoisotopic (exact) mass is 306 g/mol. The van der Waals surface area contributed by atoms with Crippen molar-refractivity contribution in [1.82, 2.24) is 9.97 Å². The number of aromatic nitrogens is 2. The number of ether oxygens (including phenoxy) is 1. The number of hydrogen-bond acceptors (Lipinski definition) is 5. The van der Waals surface area contributed by atoms with Gasteiger partial charge in [0.15, 0.2) is 0 Å². The molecule has 0 radical (unpaired) electrons. The van der Waals surface area contributed by atoms with Crippen LogP contribution in [0.15, 0.2) is 24.5 Å². The number of benzene rings is 1. The minimum absolute atomic E-state index is 0.579. The molecule has 0 aliphatic carbocycles. The third-order valence-electron chi connectivity index (χ3n) is 3.06. The van der Waals surface area contributed by atoms with Crippen molar-refractivity contribution in [2.45, 2.75) is 20.3 Å². The van der Waals surface area contributed by atoms with Crippen LogP contribution >= 0.6 is 11.6 Å². The molecule has 0 aliphatic rings. The first kappa shape index (κ1) is 15.4. The van der Waals surface area contributed by atoms with E-state index in [4.69, 9.17) is 16.3 Å². The van der Waals surface area contributed by atoms with Gasteiger partial charge in [0.2, 0.25) is 0 Å². The van der Waals surface area contributed by atoms with Gasteiger partial charge in [0.1, 0.15) is 23.7 Å². The standard InChI is InChI=1S/C15H19ClN4O/c1-4-11-14(17-5-2)18-9-19-15(11)20-10-6-7-12(16)13(8-10)21-3/h6-9H,4-5H2,1-3H3,(H2,17,18,19,20). The van der Waals surface area contributed by atoms with Gasteiger partial charge in [-0.15, -0.1) is 0 Å². The molecule has 0 bridgehead atoms. The van der Waals surface area contributed by atoms with Crippen LogP contribution in [-0.4, -0.2) is 23.6 Å². The van der Waals surface area contributed by atoms with E-state index in [0.29, 0.717) is 10.8 Å². The van der Waals surface area contributed by atoms with Crippen molar-refractivity contribution in [3.63, 3.8) is 0 Å². The smallest absolute Gasteiger partial charge is 0.139 e. The maximum absolute atomic E-state index is 6.04. The van der Waals surface area contributed by atoms with E-state index >= 15 is 0 Å². The molecular weight excluding hydrogens is 288 g/mol. The van der Waals surface area contributed by atoms with E-state index < -0.39 is 0 Å². The first-order valence-electron chi connectivity index (χ1n) is 6.87. The molecule has 5 nitrogen and oxygen atoms in total. The minimum atomic E-state index is 0.579. The second kappa shape index (κ2) is 7.13. The largest absolute Gasteiger partial charge is 0.495 e. The Morgan fingerprint density at radius 2 is 1.95 bits per heavy atom. The van der Waals surface area contributed by atoms with Crippen molar-refractivity contribution in [1.29, 1.82) is 0 Å². The highest BCUT2D eigenvalue weighted by atomic mass is 35.5. The summed E-state index contributed by atoms with van der Waals surface area (Å²) in [6, 6.07) is 5.52. The molecule has 112 valence electrons. The van der Waals surface area contributed by atoms with Crippen LogP contribution in [-0.2, 0) is 6.42 Å². The number of methoxy groups -OCH3 is 1. The molecule has 1 aromatic carbocycles. The highest BCUT2D eigenvalue weighted by Gasteiger charge is 2.10. The summed E-state index contributed by atoms with van der Waals surface area (Å²) in [6.07, 6.45) is 2.38. The van der Waals surface area contributed by atoms with Gasteiger partial charge >= 0.3 is 0 Å². The summed E-state index contributed by atoms with van der Waals surface area (Å²) in [5.74, 6) is 2.27. The Bertz CT molecular complexity index is 619. The SMILES string of the molecule is CCNc1ncnc(Nc2ccc(Cl)c(OC)c2)c1CC. The van der Waals surface area contributed by atoms with Crippen LogP contribution in [0.4, 0.5) is 17.3 Å². The zero-order valence-electron chi connectivity index (χ0n) is 12.4. The zero-order valence-corrected chi connectivity index (χ0v) is 13.2. The average Bonchev–Trinajstić information content (AvgIpc) is 2.50. The van der Waals surface area contributed by atoms with Gasteiger partial charge in [-0.3, -0.25) is 0 Å². The number of nitrogens with one attached hydrogen (secondary N) is 2. The van der Waals surface area contributed by atoms with E-state index in [-0.39, 0.29) is 0 Å². The molecular formula is C15H19ClN4O. The quantitative estimate of drug-likeness (QED) is 0.848. The molecule has 2 rings (SSSR count). The summed E-state index contributed by atoms with van der Waals surface area (Å²) in [5, 5.41) is 7.12. The zero-order chi connectivity index (χ0) is 15.2. The molecule has 0 spiro atoms. The highest BCUT2D eigenvalue weighted by Crippen LogP contribution is 2.30. The summed E-state index contributed by atoms with van der Waals surface area (Å²) >= 11 is 6.04. The van der Waals surface area contributed by atoms with Gasteiger partial charge in [0, 0.05) is 23.9 Å². The summed E-state index contributed by atoms with van der Waals surface area (Å²) in [5.41, 5.74) is 1.92. The molecule has 0 saturated heterocycles. The molecule has 0 unspecified atom stereocenters. The number of hydrogen-bond donors (Lipinski definition) is 2. The van der Waals surface area contributed by atoms with E-state index in [2.05, 4.69) is 27.5 Å². The van der Waals surface area contributed by atoms with Crippen molar-refractivity contribution in [3.05, 3.63) is 35.1 Å². The van der Waals surface area contributed by atoms with Crippen LogP contribution in [0.3, 0.4) is 0 Å². The number of nitrogens with zero attached hydrogens (tertiary/aromatic N) is 2. The third kappa shape index (κ3) is 3.55. The van der Waals surface area contributed by atoms with Crippen LogP contribution in [0.1, 0.15) is 19.4 Å². The van der Waals surface area contributed by atoms with Crippen LogP contribution in [0.2, 0.25) is 5.02 Å². The van der Waals surface area contributed by atoms with Crippen molar-refractivity contribution < 1.29 is 4.74 Å². The molecule has 0 atom stereocenters. The summed E-state index contributed by atoms with van der Waals surface area (Å²) in [7, 11) is 1.59. The van der Waals surface area contributed by atoms with Crippen molar-refractivity contribution in [2.24, 2.45) is 0 Å². The second-order valence-electron chi connectivity index (χ2n) is 4.41. The molecule has 0 amide bonds. The first-order valence-corrected chi connectivity index (χ1v) is 7.25. The normalized spacial score (nSPS) is 10.3. The number of rotatable bonds is 6. The predicted octanol–water partition coefficient (Wildman–Crippen LogP) is 3.88. The lowest BCUT2D eigenvalue weighted by atomic mass is 10.2. The molecule has 0 aliphatic heterocycles. The molecule has 0 saturated carbocycles. The van der Waals surface area contributed by atoms with Gasteiger partial charge in [0.25, 0.3) is 0 Å². The Hall–Kier alpha value is -2.01. The fourth-order valence-electron chi connectivity index (χ4n) is 2.05. The summed E-state index contributed by atoms with van der Waals surface area (Å²) in [4.78, 5) is 8.61. The minimum Gasteiger partial charge on any atom is -0.495 e. The third-order valence-corrected chi connectivity index (χ3v) is 3.37. The lowest BCUT2D eigenvalue weighted by Crippen LogP contribution is -2.07. The summed E-state index contributed by atoms with van der Waals surface area (Å²) < 4.78 is 5.23. The lowest BCUT2D eigenvalue weighted by Gasteiger charge is -2.14. The fraction of sp³-hybridized carbons (Fsp3) is 0.333. The van der Waals surface area contributed by atoms with Crippen molar-refractivity contribution in [3.8, 4) is 5.75 Å². The van der Waals surface area contributed by atoms with E-state index in [1.165, 1.54) is 0 Å². The van der Waals surface area contributed by atoms with Crippen LogP contribution < -0.4 is 15.4 Å². The van der Waals surface area contributed by atoms with Gasteiger partial charge in [-0.1, -0.05) is 18.5 Å². The van der Waals surface area contributed by atoms with Gasteiger partial charge < -0.3 is 15.4 Å². The highest BCUT2D eigenvalue weighted by molar-refractivity contribution is 6.32. The Morgan fingerprint density at radius 3 is 2.62 bits per heavy atom.